The Balaban J connectivity index is 1.79. The molecule has 1 amide bonds. The average Bonchev–Trinajstić information content (AvgIpc) is 2.78. The summed E-state index contributed by atoms with van der Waals surface area (Å²) in [4.78, 5) is 12.4. The molecule has 0 spiro atoms. The third kappa shape index (κ3) is 2.24. The van der Waals surface area contributed by atoms with E-state index >= 15 is 0 Å². The number of amides is 1. The van der Waals surface area contributed by atoms with Gasteiger partial charge in [-0.2, -0.15) is 0 Å². The van der Waals surface area contributed by atoms with E-state index < -0.39 is 0 Å². The molecular weight excluding hydrogens is 248 g/mol. The van der Waals surface area contributed by atoms with Gasteiger partial charge < -0.3 is 10.6 Å². The summed E-state index contributed by atoms with van der Waals surface area (Å²) < 4.78 is 0. The Morgan fingerprint density at radius 3 is 2.40 bits per heavy atom. The number of carbonyl (C=O) groups is 1. The summed E-state index contributed by atoms with van der Waals surface area (Å²) in [5, 5.41) is 6.80. The van der Waals surface area contributed by atoms with Crippen molar-refractivity contribution in [3.63, 3.8) is 0 Å². The molecular formula is C17H24N2O. The van der Waals surface area contributed by atoms with Crippen molar-refractivity contribution in [3.8, 4) is 0 Å². The predicted octanol–water partition coefficient (Wildman–Crippen LogP) is 1.98. The number of hydrogen-bond acceptors (Lipinski definition) is 2. The number of fused-ring (bicyclic) bond motifs is 1. The Kier molecular flexibility index (Phi) is 3.13. The third-order valence-electron chi connectivity index (χ3n) is 4.80. The van der Waals surface area contributed by atoms with Gasteiger partial charge in [-0.15, -0.1) is 0 Å². The van der Waals surface area contributed by atoms with Crippen molar-refractivity contribution in [2.75, 3.05) is 13.1 Å². The van der Waals surface area contributed by atoms with Crippen LogP contribution in [0.25, 0.3) is 0 Å². The maximum Gasteiger partial charge on any atom is 0.225 e. The second-order valence-corrected chi connectivity index (χ2v) is 7.28. The molecule has 2 N–H and O–H groups in total. The summed E-state index contributed by atoms with van der Waals surface area (Å²) in [7, 11) is 0. The highest BCUT2D eigenvalue weighted by molar-refractivity contribution is 5.82. The first-order chi connectivity index (χ1) is 9.43. The molecule has 2 unspecified atom stereocenters. The van der Waals surface area contributed by atoms with Crippen molar-refractivity contribution in [1.82, 2.24) is 10.6 Å². The molecule has 0 aromatic heterocycles. The zero-order valence-corrected chi connectivity index (χ0v) is 12.6. The summed E-state index contributed by atoms with van der Waals surface area (Å²) in [5.41, 5.74) is 0.974. The lowest BCUT2D eigenvalue weighted by Crippen LogP contribution is -2.49. The molecule has 1 heterocycles. The second kappa shape index (κ2) is 4.59. The molecule has 1 saturated carbocycles. The number of piperidine rings is 1. The molecule has 1 aliphatic heterocycles. The van der Waals surface area contributed by atoms with E-state index in [0.29, 0.717) is 11.8 Å². The normalized spacial score (nSPS) is 31.8. The molecule has 2 atom stereocenters. The van der Waals surface area contributed by atoms with Gasteiger partial charge in [-0.05, 0) is 12.0 Å². The van der Waals surface area contributed by atoms with E-state index in [0.717, 1.165) is 19.5 Å². The zero-order valence-electron chi connectivity index (χ0n) is 12.6. The van der Waals surface area contributed by atoms with Crippen molar-refractivity contribution in [2.24, 2.45) is 17.3 Å². The minimum Gasteiger partial charge on any atom is -0.349 e. The van der Waals surface area contributed by atoms with E-state index in [4.69, 9.17) is 0 Å². The van der Waals surface area contributed by atoms with Gasteiger partial charge in [-0.1, -0.05) is 51.1 Å². The predicted molar refractivity (Wildman–Crippen MR) is 80.3 cm³/mol. The van der Waals surface area contributed by atoms with Gasteiger partial charge in [0.1, 0.15) is 0 Å². The van der Waals surface area contributed by atoms with Gasteiger partial charge >= 0.3 is 0 Å². The molecule has 1 aromatic rings. The van der Waals surface area contributed by atoms with Crippen molar-refractivity contribution in [1.29, 1.82) is 0 Å². The second-order valence-electron chi connectivity index (χ2n) is 7.28. The van der Waals surface area contributed by atoms with Crippen LogP contribution in [0.5, 0.6) is 0 Å². The molecule has 1 saturated heterocycles. The molecule has 20 heavy (non-hydrogen) atoms. The van der Waals surface area contributed by atoms with E-state index in [-0.39, 0.29) is 16.9 Å². The van der Waals surface area contributed by atoms with E-state index in [1.165, 1.54) is 5.56 Å². The fourth-order valence-corrected chi connectivity index (χ4v) is 3.47. The van der Waals surface area contributed by atoms with Crippen LogP contribution in [0.15, 0.2) is 30.3 Å². The van der Waals surface area contributed by atoms with Crippen LogP contribution >= 0.6 is 0 Å². The number of hydrogen-bond donors (Lipinski definition) is 2. The van der Waals surface area contributed by atoms with Gasteiger partial charge in [0.15, 0.2) is 0 Å². The number of carbonyl (C=O) groups excluding carboxylic acids is 1. The first kappa shape index (κ1) is 13.6. The van der Waals surface area contributed by atoms with E-state index in [9.17, 15) is 4.79 Å². The summed E-state index contributed by atoms with van der Waals surface area (Å²) in [6, 6.07) is 10.5. The lowest BCUT2D eigenvalue weighted by atomic mass is 9.92. The summed E-state index contributed by atoms with van der Waals surface area (Å²) in [5.74, 6) is 1.35. The molecule has 0 bridgehead atoms. The van der Waals surface area contributed by atoms with Gasteiger partial charge in [0, 0.05) is 30.3 Å². The molecule has 3 rings (SSSR count). The lowest BCUT2D eigenvalue weighted by Gasteiger charge is -2.28. The van der Waals surface area contributed by atoms with E-state index in [1.807, 2.05) is 26.8 Å². The fourth-order valence-electron chi connectivity index (χ4n) is 3.47. The van der Waals surface area contributed by atoms with Crippen LogP contribution in [0.3, 0.4) is 0 Å². The SMILES string of the molecule is CC(C)(C)C(=O)NC1(Cc2ccccc2)C2CNCC21. The smallest absolute Gasteiger partial charge is 0.225 e. The van der Waals surface area contributed by atoms with Gasteiger partial charge in [-0.3, -0.25) is 4.79 Å². The van der Waals surface area contributed by atoms with Crippen LogP contribution in [0, 0.1) is 17.3 Å². The van der Waals surface area contributed by atoms with Crippen LogP contribution < -0.4 is 10.6 Å². The maximum absolute atomic E-state index is 12.4. The van der Waals surface area contributed by atoms with Crippen molar-refractivity contribution in [3.05, 3.63) is 35.9 Å². The molecule has 108 valence electrons. The van der Waals surface area contributed by atoms with Crippen molar-refractivity contribution >= 4 is 5.91 Å². The Hall–Kier alpha value is -1.35. The van der Waals surface area contributed by atoms with Crippen LogP contribution in [0.4, 0.5) is 0 Å². The first-order valence-corrected chi connectivity index (χ1v) is 7.51. The first-order valence-electron chi connectivity index (χ1n) is 7.51. The quantitative estimate of drug-likeness (QED) is 0.883. The molecule has 2 fully saturated rings. The van der Waals surface area contributed by atoms with Crippen LogP contribution in [-0.4, -0.2) is 24.5 Å². The monoisotopic (exact) mass is 272 g/mol. The van der Waals surface area contributed by atoms with E-state index in [1.54, 1.807) is 0 Å². The van der Waals surface area contributed by atoms with E-state index in [2.05, 4.69) is 34.9 Å². The Morgan fingerprint density at radius 2 is 1.85 bits per heavy atom. The Labute approximate surface area is 121 Å². The molecule has 0 radical (unpaired) electrons. The van der Waals surface area contributed by atoms with Gasteiger partial charge in [-0.25, -0.2) is 0 Å². The largest absolute Gasteiger partial charge is 0.349 e. The highest BCUT2D eigenvalue weighted by Crippen LogP contribution is 2.54. The van der Waals surface area contributed by atoms with Gasteiger partial charge in [0.05, 0.1) is 5.54 Å². The molecule has 1 aliphatic carbocycles. The van der Waals surface area contributed by atoms with Crippen LogP contribution in [0.2, 0.25) is 0 Å². The van der Waals surface area contributed by atoms with Crippen LogP contribution in [-0.2, 0) is 11.2 Å². The number of nitrogens with one attached hydrogen (secondary N) is 2. The molecule has 2 aliphatic rings. The molecule has 3 heteroatoms. The van der Waals surface area contributed by atoms with Gasteiger partial charge in [0.2, 0.25) is 5.91 Å². The minimum atomic E-state index is -0.325. The number of benzene rings is 1. The Bertz CT molecular complexity index is 493. The average molecular weight is 272 g/mol. The summed E-state index contributed by atoms with van der Waals surface area (Å²) in [6.07, 6.45) is 0.951. The van der Waals surface area contributed by atoms with Crippen LogP contribution in [0.1, 0.15) is 26.3 Å². The lowest BCUT2D eigenvalue weighted by molar-refractivity contribution is -0.129. The minimum absolute atomic E-state index is 0.0169. The highest BCUT2D eigenvalue weighted by atomic mass is 16.2. The number of rotatable bonds is 3. The topological polar surface area (TPSA) is 41.1 Å². The summed E-state index contributed by atoms with van der Waals surface area (Å²) in [6.45, 7) is 8.00. The fraction of sp³-hybridized carbons (Fsp3) is 0.588. The van der Waals surface area contributed by atoms with Crippen molar-refractivity contribution < 1.29 is 4.79 Å². The van der Waals surface area contributed by atoms with Crippen molar-refractivity contribution in [2.45, 2.75) is 32.7 Å². The molecule has 1 aromatic carbocycles. The zero-order chi connectivity index (χ0) is 14.4. The highest BCUT2D eigenvalue weighted by Gasteiger charge is 2.67. The summed E-state index contributed by atoms with van der Waals surface area (Å²) >= 11 is 0. The maximum atomic E-state index is 12.4. The third-order valence-corrected chi connectivity index (χ3v) is 4.80. The molecule has 3 nitrogen and oxygen atoms in total. The Morgan fingerprint density at radius 1 is 1.25 bits per heavy atom. The van der Waals surface area contributed by atoms with Gasteiger partial charge in [0.25, 0.3) is 0 Å². The standard InChI is InChI=1S/C17H24N2O/c1-16(2,3)15(20)19-17(13-10-18-11-14(13)17)9-12-7-5-4-6-8-12/h4-8,13-14,18H,9-11H2,1-3H3,(H,19,20).